The summed E-state index contributed by atoms with van der Waals surface area (Å²) in [5, 5.41) is 21.8. The van der Waals surface area contributed by atoms with Gasteiger partial charge in [0.2, 0.25) is 5.91 Å². The van der Waals surface area contributed by atoms with E-state index < -0.39 is 16.4 Å². The monoisotopic (exact) mass is 490 g/mol. The van der Waals surface area contributed by atoms with Gasteiger partial charge in [-0.25, -0.2) is 4.79 Å². The molecule has 10 nitrogen and oxygen atoms in total. The number of carbonyl (C=O) groups is 1. The van der Waals surface area contributed by atoms with Crippen LogP contribution in [-0.2, 0) is 17.8 Å². The number of benzene rings is 1. The Morgan fingerprint density at radius 1 is 1.14 bits per heavy atom. The zero-order valence-electron chi connectivity index (χ0n) is 19.8. The van der Waals surface area contributed by atoms with Gasteiger partial charge in [-0.1, -0.05) is 0 Å². The first-order valence-corrected chi connectivity index (χ1v) is 11.8. The lowest BCUT2D eigenvalue weighted by atomic mass is 9.83. The van der Waals surface area contributed by atoms with Crippen molar-refractivity contribution in [1.29, 1.82) is 0 Å². The molecule has 186 valence electrons. The topological polar surface area (TPSA) is 132 Å². The summed E-state index contributed by atoms with van der Waals surface area (Å²) >= 11 is 0. The van der Waals surface area contributed by atoms with Crippen molar-refractivity contribution in [1.82, 2.24) is 9.47 Å². The zero-order chi connectivity index (χ0) is 25.3. The van der Waals surface area contributed by atoms with Crippen LogP contribution in [0.25, 0.3) is 21.9 Å². The molecule has 2 atom stereocenters. The van der Waals surface area contributed by atoms with Crippen LogP contribution in [-0.4, -0.2) is 33.7 Å². The summed E-state index contributed by atoms with van der Waals surface area (Å²) in [5.74, 6) is -0.222. The van der Waals surface area contributed by atoms with Gasteiger partial charge in [0, 0.05) is 48.1 Å². The van der Waals surface area contributed by atoms with Crippen molar-refractivity contribution < 1.29 is 18.8 Å². The van der Waals surface area contributed by atoms with Crippen LogP contribution in [0.5, 0.6) is 0 Å². The minimum absolute atomic E-state index is 0.0263. The van der Waals surface area contributed by atoms with Crippen molar-refractivity contribution in [3.8, 4) is 0 Å². The van der Waals surface area contributed by atoms with Crippen LogP contribution in [0.15, 0.2) is 49.0 Å². The molecule has 0 spiro atoms. The number of piperidine rings is 1. The Kier molecular flexibility index (Phi) is 5.06. The number of nitrogens with zero attached hydrogens (tertiary/aromatic N) is 3. The zero-order valence-corrected chi connectivity index (χ0v) is 19.8. The number of hydrogen-bond donors (Lipinski definition) is 1. The SMILES string of the molecule is Cc1coc2cc3oc(=O)c(CC(=O)N4CC5CC(C4)c4ccc(N([O-])O)c(=O)n4C5)c(C)c3cc12. The van der Waals surface area contributed by atoms with E-state index in [0.717, 1.165) is 28.5 Å². The maximum Gasteiger partial charge on any atom is 0.340 e. The molecule has 2 bridgehead atoms. The number of carbonyl (C=O) groups excluding carboxylic acids is 1. The smallest absolute Gasteiger partial charge is 0.340 e. The molecule has 1 fully saturated rings. The quantitative estimate of drug-likeness (QED) is 0.342. The van der Waals surface area contributed by atoms with Gasteiger partial charge in [0.25, 0.3) is 5.56 Å². The molecule has 4 aromatic rings. The fraction of sp³-hybridized carbons (Fsp3) is 0.346. The number of pyridine rings is 1. The Bertz CT molecular complexity index is 1660. The number of aromatic nitrogens is 1. The Hall–Kier alpha value is -3.89. The molecule has 1 aromatic carbocycles. The molecule has 0 aliphatic carbocycles. The van der Waals surface area contributed by atoms with Gasteiger partial charge < -0.3 is 28.7 Å². The maximum atomic E-state index is 13.4. The van der Waals surface area contributed by atoms with Crippen molar-refractivity contribution in [2.45, 2.75) is 39.2 Å². The van der Waals surface area contributed by atoms with Crippen molar-refractivity contribution in [2.75, 3.05) is 18.3 Å². The summed E-state index contributed by atoms with van der Waals surface area (Å²) in [6, 6.07) is 6.61. The van der Waals surface area contributed by atoms with Crippen LogP contribution in [0.3, 0.4) is 0 Å². The highest BCUT2D eigenvalue weighted by molar-refractivity contribution is 5.96. The number of furan rings is 1. The van der Waals surface area contributed by atoms with Gasteiger partial charge in [-0.3, -0.25) is 14.8 Å². The number of aryl methyl sites for hydroxylation is 2. The molecular weight excluding hydrogens is 466 g/mol. The summed E-state index contributed by atoms with van der Waals surface area (Å²) < 4.78 is 12.6. The van der Waals surface area contributed by atoms with E-state index in [9.17, 15) is 24.8 Å². The second-order valence-electron chi connectivity index (χ2n) is 9.86. The first-order valence-electron chi connectivity index (χ1n) is 11.8. The standard InChI is InChI=1S/C26H24N3O7/c1-13-12-35-22-8-23-18(6-17(13)22)14(2)19(26(32)36-23)7-24(30)27-9-15-5-16(11-27)20-3-4-21(29(33)34)25(31)28(20)10-15/h3-4,6,8,12,15-16,33H,5,7,9-11H2,1-2H3/q-1. The summed E-state index contributed by atoms with van der Waals surface area (Å²) in [7, 11) is 0. The molecule has 0 radical (unpaired) electrons. The number of rotatable bonds is 3. The average molecular weight is 490 g/mol. The molecule has 1 N–H and O–H groups in total. The second kappa shape index (κ2) is 8.07. The van der Waals surface area contributed by atoms with E-state index in [1.54, 1.807) is 23.3 Å². The molecule has 1 amide bonds. The molecule has 6 rings (SSSR count). The molecule has 2 aliphatic rings. The summed E-state index contributed by atoms with van der Waals surface area (Å²) in [6.07, 6.45) is 2.40. The highest BCUT2D eigenvalue weighted by Crippen LogP contribution is 2.36. The second-order valence-corrected chi connectivity index (χ2v) is 9.86. The molecule has 5 heterocycles. The van der Waals surface area contributed by atoms with Crippen LogP contribution in [0.2, 0.25) is 0 Å². The van der Waals surface area contributed by atoms with Crippen LogP contribution in [0.1, 0.15) is 34.7 Å². The van der Waals surface area contributed by atoms with Gasteiger partial charge in [-0.15, -0.1) is 0 Å². The minimum Gasteiger partial charge on any atom is -0.733 e. The van der Waals surface area contributed by atoms with E-state index in [2.05, 4.69) is 0 Å². The van der Waals surface area contributed by atoms with Crippen LogP contribution in [0, 0.1) is 25.0 Å². The highest BCUT2D eigenvalue weighted by Gasteiger charge is 2.37. The molecule has 2 unspecified atom stereocenters. The van der Waals surface area contributed by atoms with Gasteiger partial charge in [0.15, 0.2) is 0 Å². The number of fused-ring (bicyclic) bond motifs is 6. The lowest BCUT2D eigenvalue weighted by Crippen LogP contribution is -2.50. The Morgan fingerprint density at radius 3 is 2.72 bits per heavy atom. The Morgan fingerprint density at radius 2 is 1.94 bits per heavy atom. The Labute approximate surface area is 204 Å². The summed E-state index contributed by atoms with van der Waals surface area (Å²) in [4.78, 5) is 40.6. The van der Waals surface area contributed by atoms with Crippen LogP contribution in [0.4, 0.5) is 5.69 Å². The van der Waals surface area contributed by atoms with E-state index in [-0.39, 0.29) is 29.9 Å². The van der Waals surface area contributed by atoms with E-state index >= 15 is 0 Å². The predicted molar refractivity (Wildman–Crippen MR) is 131 cm³/mol. The number of hydrogen-bond acceptors (Lipinski definition) is 8. The van der Waals surface area contributed by atoms with Gasteiger partial charge in [-0.2, -0.15) is 0 Å². The molecule has 2 aliphatic heterocycles. The number of amides is 1. The van der Waals surface area contributed by atoms with E-state index in [4.69, 9.17) is 8.83 Å². The first-order chi connectivity index (χ1) is 17.2. The lowest BCUT2D eigenvalue weighted by molar-refractivity contribution is -0.133. The largest absolute Gasteiger partial charge is 0.733 e. The van der Waals surface area contributed by atoms with Crippen molar-refractivity contribution in [3.05, 3.63) is 78.9 Å². The third-order valence-electron chi connectivity index (χ3n) is 7.65. The average Bonchev–Trinajstić information content (AvgIpc) is 3.20. The number of likely N-dealkylation sites (tertiary alicyclic amines) is 1. The summed E-state index contributed by atoms with van der Waals surface area (Å²) in [6.45, 7) is 4.97. The fourth-order valence-electron chi connectivity index (χ4n) is 5.79. The van der Waals surface area contributed by atoms with Gasteiger partial charge in [0.1, 0.15) is 16.9 Å². The maximum absolute atomic E-state index is 13.4. The normalized spacial score (nSPS) is 19.1. The summed E-state index contributed by atoms with van der Waals surface area (Å²) in [5.41, 5.74) is 2.42. The molecule has 36 heavy (non-hydrogen) atoms. The van der Waals surface area contributed by atoms with E-state index in [1.165, 1.54) is 10.6 Å². The molecule has 1 saturated heterocycles. The Balaban J connectivity index is 1.30. The first kappa shape index (κ1) is 22.6. The van der Waals surface area contributed by atoms with Crippen molar-refractivity contribution >= 4 is 33.5 Å². The molecular formula is C26H24N3O7-. The highest BCUT2D eigenvalue weighted by atomic mass is 16.8. The van der Waals surface area contributed by atoms with Gasteiger partial charge in [-0.05, 0) is 55.5 Å². The molecule has 10 heteroatoms. The molecule has 0 saturated carbocycles. The van der Waals surface area contributed by atoms with E-state index in [1.807, 2.05) is 19.9 Å². The van der Waals surface area contributed by atoms with Crippen molar-refractivity contribution in [3.63, 3.8) is 0 Å². The molecule has 3 aromatic heterocycles. The van der Waals surface area contributed by atoms with E-state index in [0.29, 0.717) is 41.9 Å². The predicted octanol–water partition coefficient (Wildman–Crippen LogP) is 3.20. The van der Waals surface area contributed by atoms with Crippen LogP contribution < -0.4 is 16.4 Å². The van der Waals surface area contributed by atoms with Crippen molar-refractivity contribution in [2.24, 2.45) is 5.92 Å². The third kappa shape index (κ3) is 3.44. The van der Waals surface area contributed by atoms with Crippen LogP contribution >= 0.6 is 0 Å². The minimum atomic E-state index is -0.538. The fourth-order valence-corrected chi connectivity index (χ4v) is 5.79. The number of anilines is 1. The lowest BCUT2D eigenvalue weighted by Gasteiger charge is -2.43. The van der Waals surface area contributed by atoms with Gasteiger partial charge in [0.05, 0.1) is 18.2 Å². The van der Waals surface area contributed by atoms with Gasteiger partial charge >= 0.3 is 5.63 Å². The third-order valence-corrected chi connectivity index (χ3v) is 7.65.